The Morgan fingerprint density at radius 2 is 2.24 bits per heavy atom. The van der Waals surface area contributed by atoms with Crippen LogP contribution in [-0.4, -0.2) is 21.3 Å². The second-order valence-corrected chi connectivity index (χ2v) is 6.15. The molecule has 1 N–H and O–H groups in total. The number of hydrogen-bond donors (Lipinski definition) is 1. The zero-order valence-corrected chi connectivity index (χ0v) is 11.2. The highest BCUT2D eigenvalue weighted by Gasteiger charge is 2.24. The Kier molecular flexibility index (Phi) is 3.69. The number of aromatic nitrogens is 1. The smallest absolute Gasteiger partial charge is 0.317 e. The van der Waals surface area contributed by atoms with E-state index in [2.05, 4.69) is 4.98 Å². The molecular formula is C12H13NO2S2. The second kappa shape index (κ2) is 5.06. The number of carboxylic acids is 1. The molecule has 0 aliphatic rings. The van der Waals surface area contributed by atoms with Crippen molar-refractivity contribution in [2.24, 2.45) is 5.92 Å². The fourth-order valence-electron chi connectivity index (χ4n) is 1.55. The van der Waals surface area contributed by atoms with Crippen molar-refractivity contribution in [1.29, 1.82) is 0 Å². The lowest BCUT2D eigenvalue weighted by Crippen LogP contribution is -2.22. The molecular weight excluding hydrogens is 254 g/mol. The Morgan fingerprint density at radius 3 is 2.88 bits per heavy atom. The Balaban J connectivity index is 2.34. The molecule has 0 fully saturated rings. The van der Waals surface area contributed by atoms with E-state index in [-0.39, 0.29) is 5.92 Å². The minimum atomic E-state index is -0.779. The van der Waals surface area contributed by atoms with Crippen molar-refractivity contribution in [3.8, 4) is 0 Å². The van der Waals surface area contributed by atoms with E-state index < -0.39 is 11.2 Å². The summed E-state index contributed by atoms with van der Waals surface area (Å²) in [5.74, 6) is -0.702. The van der Waals surface area contributed by atoms with E-state index in [4.69, 9.17) is 0 Å². The topological polar surface area (TPSA) is 50.2 Å². The minimum absolute atomic E-state index is 0.0770. The number of fused-ring (bicyclic) bond motifs is 1. The van der Waals surface area contributed by atoms with Crippen LogP contribution in [0.15, 0.2) is 28.7 Å². The van der Waals surface area contributed by atoms with E-state index in [1.807, 2.05) is 31.4 Å². The first-order valence-corrected chi connectivity index (χ1v) is 7.07. The molecule has 0 spiro atoms. The summed E-state index contributed by atoms with van der Waals surface area (Å²) in [6.07, 6.45) is 1.74. The van der Waals surface area contributed by atoms with Crippen LogP contribution < -0.4 is 0 Å². The number of carboxylic acid groups (broad SMARTS) is 1. The van der Waals surface area contributed by atoms with Gasteiger partial charge in [-0.05, 0) is 23.4 Å². The lowest BCUT2D eigenvalue weighted by atomic mass is 10.1. The zero-order valence-electron chi connectivity index (χ0n) is 9.58. The van der Waals surface area contributed by atoms with Gasteiger partial charge in [-0.1, -0.05) is 25.6 Å². The molecule has 90 valence electrons. The van der Waals surface area contributed by atoms with Gasteiger partial charge in [-0.15, -0.1) is 11.3 Å². The highest BCUT2D eigenvalue weighted by Crippen LogP contribution is 2.33. The van der Waals surface area contributed by atoms with Crippen molar-refractivity contribution in [3.63, 3.8) is 0 Å². The highest BCUT2D eigenvalue weighted by atomic mass is 32.2. The van der Waals surface area contributed by atoms with Gasteiger partial charge in [0.2, 0.25) is 0 Å². The molecule has 3 nitrogen and oxygen atoms in total. The number of nitrogens with zero attached hydrogens (tertiary/aromatic N) is 1. The average molecular weight is 267 g/mol. The van der Waals surface area contributed by atoms with Gasteiger partial charge in [0.25, 0.3) is 0 Å². The fraction of sp³-hybridized carbons (Fsp3) is 0.333. The van der Waals surface area contributed by atoms with Crippen molar-refractivity contribution in [1.82, 2.24) is 4.98 Å². The van der Waals surface area contributed by atoms with Crippen LogP contribution in [0.5, 0.6) is 0 Å². The molecule has 0 saturated heterocycles. The largest absolute Gasteiger partial charge is 0.480 e. The summed E-state index contributed by atoms with van der Waals surface area (Å²) in [6.45, 7) is 3.83. The predicted octanol–water partition coefficient (Wildman–Crippen LogP) is 3.50. The van der Waals surface area contributed by atoms with E-state index in [0.29, 0.717) is 0 Å². The number of hydrogen-bond acceptors (Lipinski definition) is 4. The standard InChI is InChI=1S/C12H13NO2S2/c1-7(2)10(12(14)15)17-11-8-4-6-16-9(8)3-5-13-11/h3-7,10H,1-2H3,(H,14,15). The van der Waals surface area contributed by atoms with Crippen LogP contribution in [0, 0.1) is 5.92 Å². The molecule has 1 atom stereocenters. The lowest BCUT2D eigenvalue weighted by Gasteiger charge is -2.15. The van der Waals surface area contributed by atoms with Crippen molar-refractivity contribution < 1.29 is 9.90 Å². The molecule has 2 heterocycles. The number of aliphatic carboxylic acids is 1. The molecule has 5 heteroatoms. The SMILES string of the molecule is CC(C)C(Sc1nccc2sccc12)C(=O)O. The van der Waals surface area contributed by atoms with Crippen LogP contribution in [0.2, 0.25) is 0 Å². The van der Waals surface area contributed by atoms with Gasteiger partial charge in [0.05, 0.1) is 0 Å². The second-order valence-electron chi connectivity index (χ2n) is 4.07. The van der Waals surface area contributed by atoms with E-state index in [1.165, 1.54) is 11.8 Å². The van der Waals surface area contributed by atoms with E-state index >= 15 is 0 Å². The first kappa shape index (κ1) is 12.4. The van der Waals surface area contributed by atoms with E-state index in [0.717, 1.165) is 15.1 Å². The summed E-state index contributed by atoms with van der Waals surface area (Å²) in [5, 5.41) is 12.6. The first-order chi connectivity index (χ1) is 8.09. The van der Waals surface area contributed by atoms with Crippen LogP contribution >= 0.6 is 23.1 Å². The molecule has 0 amide bonds. The van der Waals surface area contributed by atoms with Crippen LogP contribution in [0.3, 0.4) is 0 Å². The highest BCUT2D eigenvalue weighted by molar-refractivity contribution is 8.00. The summed E-state index contributed by atoms with van der Waals surface area (Å²) in [7, 11) is 0. The predicted molar refractivity (Wildman–Crippen MR) is 71.7 cm³/mol. The van der Waals surface area contributed by atoms with E-state index in [9.17, 15) is 9.90 Å². The summed E-state index contributed by atoms with van der Waals surface area (Å²) in [4.78, 5) is 15.5. The molecule has 0 bridgehead atoms. The van der Waals surface area contributed by atoms with Gasteiger partial charge in [0, 0.05) is 16.3 Å². The third-order valence-corrected chi connectivity index (χ3v) is 4.86. The van der Waals surface area contributed by atoms with Crippen LogP contribution in [0.1, 0.15) is 13.8 Å². The van der Waals surface area contributed by atoms with E-state index in [1.54, 1.807) is 17.5 Å². The molecule has 0 radical (unpaired) electrons. The van der Waals surface area contributed by atoms with Gasteiger partial charge in [-0.3, -0.25) is 4.79 Å². The third-order valence-electron chi connectivity index (χ3n) is 2.43. The van der Waals surface area contributed by atoms with Gasteiger partial charge >= 0.3 is 5.97 Å². The molecule has 0 aliphatic heterocycles. The number of rotatable bonds is 4. The van der Waals surface area contributed by atoms with Crippen molar-refractivity contribution >= 4 is 39.2 Å². The number of thioether (sulfide) groups is 1. The Labute approximate surface area is 108 Å². The lowest BCUT2D eigenvalue weighted by molar-refractivity contribution is -0.137. The van der Waals surface area contributed by atoms with Gasteiger partial charge in [-0.25, -0.2) is 4.98 Å². The molecule has 0 saturated carbocycles. The average Bonchev–Trinajstić information content (AvgIpc) is 2.73. The molecule has 0 aromatic carbocycles. The summed E-state index contributed by atoms with van der Waals surface area (Å²) in [6, 6.07) is 3.95. The summed E-state index contributed by atoms with van der Waals surface area (Å²) in [5.41, 5.74) is 0. The maximum Gasteiger partial charge on any atom is 0.317 e. The fourth-order valence-corrected chi connectivity index (χ4v) is 3.44. The maximum atomic E-state index is 11.2. The van der Waals surface area contributed by atoms with Crippen LogP contribution in [0.25, 0.3) is 10.1 Å². The summed E-state index contributed by atoms with van der Waals surface area (Å²) >= 11 is 2.98. The van der Waals surface area contributed by atoms with Gasteiger partial charge in [0.15, 0.2) is 0 Å². The normalized spacial score (nSPS) is 13.1. The number of pyridine rings is 1. The molecule has 0 aliphatic carbocycles. The van der Waals surface area contributed by atoms with Gasteiger partial charge < -0.3 is 5.11 Å². The Hall–Kier alpha value is -1.07. The molecule has 1 unspecified atom stereocenters. The molecule has 17 heavy (non-hydrogen) atoms. The molecule has 2 rings (SSSR count). The molecule has 2 aromatic heterocycles. The van der Waals surface area contributed by atoms with Crippen molar-refractivity contribution in [2.75, 3.05) is 0 Å². The number of carbonyl (C=O) groups is 1. The Bertz CT molecular complexity index is 536. The zero-order chi connectivity index (χ0) is 12.4. The minimum Gasteiger partial charge on any atom is -0.480 e. The molecule has 2 aromatic rings. The quantitative estimate of drug-likeness (QED) is 0.861. The van der Waals surface area contributed by atoms with Crippen molar-refractivity contribution in [2.45, 2.75) is 24.1 Å². The first-order valence-electron chi connectivity index (χ1n) is 5.31. The third kappa shape index (κ3) is 2.61. The van der Waals surface area contributed by atoms with Gasteiger partial charge in [0.1, 0.15) is 10.3 Å². The number of thiophene rings is 1. The Morgan fingerprint density at radius 1 is 1.47 bits per heavy atom. The maximum absolute atomic E-state index is 11.2. The summed E-state index contributed by atoms with van der Waals surface area (Å²) < 4.78 is 1.15. The monoisotopic (exact) mass is 267 g/mol. The van der Waals surface area contributed by atoms with Crippen LogP contribution in [-0.2, 0) is 4.79 Å². The van der Waals surface area contributed by atoms with Crippen molar-refractivity contribution in [3.05, 3.63) is 23.7 Å². The van der Waals surface area contributed by atoms with Gasteiger partial charge in [-0.2, -0.15) is 0 Å². The van der Waals surface area contributed by atoms with Crippen LogP contribution in [0.4, 0.5) is 0 Å².